The highest BCUT2D eigenvalue weighted by Gasteiger charge is 2.23. The van der Waals surface area contributed by atoms with Crippen LogP contribution in [0.1, 0.15) is 24.1 Å². The van der Waals surface area contributed by atoms with Crippen molar-refractivity contribution in [3.05, 3.63) is 71.8 Å². The van der Waals surface area contributed by atoms with E-state index in [0.29, 0.717) is 0 Å². The van der Waals surface area contributed by atoms with Gasteiger partial charge in [-0.2, -0.15) is 0 Å². The Kier molecular flexibility index (Phi) is 7.37. The topological polar surface area (TPSA) is 111 Å². The molecular formula is C20H23N3O4. The Morgan fingerprint density at radius 3 is 2.15 bits per heavy atom. The van der Waals surface area contributed by atoms with Gasteiger partial charge in [0.2, 0.25) is 0 Å². The normalized spacial score (nSPS) is 12.5. The largest absolute Gasteiger partial charge is 0.454 e. The van der Waals surface area contributed by atoms with E-state index in [-0.39, 0.29) is 12.5 Å². The zero-order valence-corrected chi connectivity index (χ0v) is 15.1. The lowest BCUT2D eigenvalue weighted by Crippen LogP contribution is -2.46. The summed E-state index contributed by atoms with van der Waals surface area (Å²) in [5, 5.41) is 5.10. The van der Waals surface area contributed by atoms with Crippen LogP contribution in [0.15, 0.2) is 60.7 Å². The number of rotatable bonds is 8. The third kappa shape index (κ3) is 6.81. The Bertz CT molecular complexity index is 765. The first-order valence-electron chi connectivity index (χ1n) is 8.56. The number of esters is 1. The number of amides is 3. The average Bonchev–Trinajstić information content (AvgIpc) is 2.66. The van der Waals surface area contributed by atoms with Gasteiger partial charge >= 0.3 is 12.0 Å². The Hall–Kier alpha value is -3.35. The van der Waals surface area contributed by atoms with E-state index in [4.69, 9.17) is 10.5 Å². The van der Waals surface area contributed by atoms with Gasteiger partial charge in [0.1, 0.15) is 6.04 Å². The van der Waals surface area contributed by atoms with E-state index in [1.54, 1.807) is 0 Å². The van der Waals surface area contributed by atoms with E-state index in [0.717, 1.165) is 11.1 Å². The second kappa shape index (κ2) is 9.96. The number of urea groups is 1. The van der Waals surface area contributed by atoms with Gasteiger partial charge < -0.3 is 21.1 Å². The van der Waals surface area contributed by atoms with Crippen LogP contribution in [0.2, 0.25) is 0 Å². The van der Waals surface area contributed by atoms with Gasteiger partial charge in [0.15, 0.2) is 6.61 Å². The summed E-state index contributed by atoms with van der Waals surface area (Å²) in [5.74, 6) is -1.16. The van der Waals surface area contributed by atoms with Gasteiger partial charge in [0, 0.05) is 6.42 Å². The number of hydrogen-bond acceptors (Lipinski definition) is 4. The standard InChI is InChI=1S/C20H23N3O4/c1-14(16-10-6-3-7-11-16)22-18(24)13-27-19(25)17(23-20(21)26)12-15-8-4-2-5-9-15/h2-11,14,17H,12-13H2,1H3,(H,22,24)(H3,21,23,26)/t14-,17+/m1/s1. The molecule has 4 N–H and O–H groups in total. The quantitative estimate of drug-likeness (QED) is 0.615. The molecule has 0 bridgehead atoms. The summed E-state index contributed by atoms with van der Waals surface area (Å²) in [6, 6.07) is 16.5. The van der Waals surface area contributed by atoms with Gasteiger partial charge in [-0.25, -0.2) is 9.59 Å². The molecule has 0 aromatic heterocycles. The van der Waals surface area contributed by atoms with E-state index in [1.165, 1.54) is 0 Å². The van der Waals surface area contributed by atoms with E-state index >= 15 is 0 Å². The molecule has 0 aliphatic carbocycles. The van der Waals surface area contributed by atoms with Crippen molar-refractivity contribution < 1.29 is 19.1 Å². The maximum atomic E-state index is 12.3. The molecule has 0 radical (unpaired) electrons. The van der Waals surface area contributed by atoms with Crippen LogP contribution >= 0.6 is 0 Å². The molecule has 0 saturated carbocycles. The molecule has 2 rings (SSSR count). The minimum absolute atomic E-state index is 0.213. The Morgan fingerprint density at radius 1 is 0.963 bits per heavy atom. The van der Waals surface area contributed by atoms with Gasteiger partial charge in [0.05, 0.1) is 6.04 Å². The van der Waals surface area contributed by atoms with Crippen LogP contribution < -0.4 is 16.4 Å². The number of nitrogens with one attached hydrogen (secondary N) is 2. The highest BCUT2D eigenvalue weighted by Crippen LogP contribution is 2.11. The predicted molar refractivity (Wildman–Crippen MR) is 101 cm³/mol. The lowest BCUT2D eigenvalue weighted by atomic mass is 10.1. The first kappa shape index (κ1) is 20.0. The maximum Gasteiger partial charge on any atom is 0.329 e. The molecule has 0 fully saturated rings. The second-order valence-electron chi connectivity index (χ2n) is 6.06. The molecule has 0 aliphatic heterocycles. The van der Waals surface area contributed by atoms with Crippen molar-refractivity contribution in [2.75, 3.05) is 6.61 Å². The summed E-state index contributed by atoms with van der Waals surface area (Å²) < 4.78 is 5.05. The monoisotopic (exact) mass is 369 g/mol. The molecule has 142 valence electrons. The van der Waals surface area contributed by atoms with Crippen LogP contribution in [-0.2, 0) is 20.7 Å². The summed E-state index contributed by atoms with van der Waals surface area (Å²) in [5.41, 5.74) is 6.90. The number of ether oxygens (including phenoxy) is 1. The smallest absolute Gasteiger partial charge is 0.329 e. The van der Waals surface area contributed by atoms with Gasteiger partial charge in [0.25, 0.3) is 5.91 Å². The number of carbonyl (C=O) groups is 3. The number of benzene rings is 2. The first-order valence-corrected chi connectivity index (χ1v) is 8.56. The fraction of sp³-hybridized carbons (Fsp3) is 0.250. The van der Waals surface area contributed by atoms with Crippen LogP contribution in [0.25, 0.3) is 0 Å². The second-order valence-corrected chi connectivity index (χ2v) is 6.06. The van der Waals surface area contributed by atoms with Crippen molar-refractivity contribution in [1.82, 2.24) is 10.6 Å². The molecule has 2 atom stereocenters. The average molecular weight is 369 g/mol. The number of nitrogens with two attached hydrogens (primary N) is 1. The zero-order valence-electron chi connectivity index (χ0n) is 15.1. The fourth-order valence-electron chi connectivity index (χ4n) is 2.56. The first-order chi connectivity index (χ1) is 13.0. The third-order valence-electron chi connectivity index (χ3n) is 3.91. The minimum atomic E-state index is -0.968. The molecule has 2 aromatic carbocycles. The molecule has 0 spiro atoms. The summed E-state index contributed by atoms with van der Waals surface area (Å²) in [6.07, 6.45) is 0.213. The van der Waals surface area contributed by atoms with E-state index in [9.17, 15) is 14.4 Å². The van der Waals surface area contributed by atoms with E-state index in [2.05, 4.69) is 10.6 Å². The molecule has 0 aliphatic rings. The van der Waals surface area contributed by atoms with Gasteiger partial charge in [-0.15, -0.1) is 0 Å². The molecule has 7 heteroatoms. The summed E-state index contributed by atoms with van der Waals surface area (Å²) in [4.78, 5) is 35.5. The molecule has 0 saturated heterocycles. The minimum Gasteiger partial charge on any atom is -0.454 e. The zero-order chi connectivity index (χ0) is 19.6. The summed E-state index contributed by atoms with van der Waals surface area (Å²) in [7, 11) is 0. The molecule has 2 aromatic rings. The Labute approximate surface area is 157 Å². The molecule has 3 amide bonds. The third-order valence-corrected chi connectivity index (χ3v) is 3.91. The lowest BCUT2D eigenvalue weighted by Gasteiger charge is -2.18. The molecule has 0 unspecified atom stereocenters. The van der Waals surface area contributed by atoms with Crippen LogP contribution in [0.3, 0.4) is 0 Å². The molecule has 0 heterocycles. The van der Waals surface area contributed by atoms with Crippen molar-refractivity contribution in [1.29, 1.82) is 0 Å². The Balaban J connectivity index is 1.88. The van der Waals surface area contributed by atoms with E-state index < -0.39 is 30.6 Å². The van der Waals surface area contributed by atoms with Crippen LogP contribution in [0, 0.1) is 0 Å². The summed E-state index contributed by atoms with van der Waals surface area (Å²) >= 11 is 0. The van der Waals surface area contributed by atoms with Crippen LogP contribution in [0.5, 0.6) is 0 Å². The maximum absolute atomic E-state index is 12.3. The van der Waals surface area contributed by atoms with Crippen molar-refractivity contribution in [3.63, 3.8) is 0 Å². The molecule has 27 heavy (non-hydrogen) atoms. The fourth-order valence-corrected chi connectivity index (χ4v) is 2.56. The lowest BCUT2D eigenvalue weighted by molar-refractivity contribution is -0.150. The highest BCUT2D eigenvalue weighted by molar-refractivity contribution is 5.85. The summed E-state index contributed by atoms with van der Waals surface area (Å²) in [6.45, 7) is 1.39. The number of carbonyl (C=O) groups excluding carboxylic acids is 3. The van der Waals surface area contributed by atoms with Gasteiger partial charge in [-0.05, 0) is 18.1 Å². The van der Waals surface area contributed by atoms with Crippen molar-refractivity contribution in [3.8, 4) is 0 Å². The van der Waals surface area contributed by atoms with Crippen LogP contribution in [-0.4, -0.2) is 30.6 Å². The molecular weight excluding hydrogens is 346 g/mol. The van der Waals surface area contributed by atoms with Gasteiger partial charge in [-0.3, -0.25) is 4.79 Å². The van der Waals surface area contributed by atoms with Crippen molar-refractivity contribution >= 4 is 17.9 Å². The SMILES string of the molecule is C[C@@H](NC(=O)COC(=O)[C@H](Cc1ccccc1)NC(N)=O)c1ccccc1. The van der Waals surface area contributed by atoms with Crippen LogP contribution in [0.4, 0.5) is 4.79 Å². The molecule has 7 nitrogen and oxygen atoms in total. The predicted octanol–water partition coefficient (Wildman–Crippen LogP) is 1.69. The Morgan fingerprint density at radius 2 is 1.56 bits per heavy atom. The van der Waals surface area contributed by atoms with Crippen molar-refractivity contribution in [2.24, 2.45) is 5.73 Å². The van der Waals surface area contributed by atoms with Gasteiger partial charge in [-0.1, -0.05) is 60.7 Å². The van der Waals surface area contributed by atoms with E-state index in [1.807, 2.05) is 67.6 Å². The number of hydrogen-bond donors (Lipinski definition) is 3. The van der Waals surface area contributed by atoms with Crippen molar-refractivity contribution in [2.45, 2.75) is 25.4 Å². The highest BCUT2D eigenvalue weighted by atomic mass is 16.5. The number of primary amides is 1.